The number of hydrogen-bond donors (Lipinski definition) is 0. The first-order valence-corrected chi connectivity index (χ1v) is 12.5. The first kappa shape index (κ1) is 21.6. The van der Waals surface area contributed by atoms with Gasteiger partial charge in [0, 0.05) is 0 Å². The Morgan fingerprint density at radius 3 is 0.971 bits per heavy atom. The Morgan fingerprint density at radius 1 is 0.471 bits per heavy atom. The van der Waals surface area contributed by atoms with E-state index in [-0.39, 0.29) is 16.2 Å². The highest BCUT2D eigenvalue weighted by Crippen LogP contribution is 2.70. The molecule has 34 heavy (non-hydrogen) atoms. The first-order valence-electron chi connectivity index (χ1n) is 12.5. The molecule has 4 fully saturated rings. The van der Waals surface area contributed by atoms with Crippen LogP contribution < -0.4 is 14.2 Å². The second-order valence-electron chi connectivity index (χ2n) is 11.0. The molecule has 4 saturated carbocycles. The Hall–Kier alpha value is -2.94. The summed E-state index contributed by atoms with van der Waals surface area (Å²) in [5, 5.41) is 0. The fourth-order valence-electron chi connectivity index (χ4n) is 8.24. The lowest BCUT2D eigenvalue weighted by atomic mass is 9.36. The van der Waals surface area contributed by atoms with Gasteiger partial charge in [-0.25, -0.2) is 0 Å². The van der Waals surface area contributed by atoms with Crippen molar-refractivity contribution in [2.45, 2.75) is 54.8 Å². The zero-order valence-corrected chi connectivity index (χ0v) is 20.5. The van der Waals surface area contributed by atoms with Gasteiger partial charge in [0.2, 0.25) is 0 Å². The van der Waals surface area contributed by atoms with E-state index < -0.39 is 0 Å². The second-order valence-corrected chi connectivity index (χ2v) is 11.0. The average Bonchev–Trinajstić information content (AvgIpc) is 2.88. The Balaban J connectivity index is 1.49. The molecule has 7 rings (SSSR count). The van der Waals surface area contributed by atoms with Crippen LogP contribution in [0.3, 0.4) is 0 Å². The summed E-state index contributed by atoms with van der Waals surface area (Å²) in [6.07, 6.45) is 7.51. The van der Waals surface area contributed by atoms with Gasteiger partial charge < -0.3 is 14.2 Å². The van der Waals surface area contributed by atoms with Crippen LogP contribution in [-0.2, 0) is 16.2 Å². The number of ether oxygens (including phenoxy) is 3. The van der Waals surface area contributed by atoms with E-state index >= 15 is 0 Å². The van der Waals surface area contributed by atoms with Crippen LogP contribution in [-0.4, -0.2) is 21.3 Å². The van der Waals surface area contributed by atoms with E-state index in [4.69, 9.17) is 14.2 Å². The highest BCUT2D eigenvalue weighted by Gasteiger charge is 2.64. The lowest BCUT2D eigenvalue weighted by Gasteiger charge is -2.67. The summed E-state index contributed by atoms with van der Waals surface area (Å²) in [6.45, 7) is 0. The molecule has 3 nitrogen and oxygen atoms in total. The van der Waals surface area contributed by atoms with Crippen molar-refractivity contribution in [1.82, 2.24) is 0 Å². The van der Waals surface area contributed by atoms with Crippen LogP contribution in [0.15, 0.2) is 72.8 Å². The van der Waals surface area contributed by atoms with Crippen LogP contribution in [0.4, 0.5) is 0 Å². The Labute approximate surface area is 203 Å². The fraction of sp³-hybridized carbons (Fsp3) is 0.419. The quantitative estimate of drug-likeness (QED) is 0.409. The molecule has 3 aromatic rings. The summed E-state index contributed by atoms with van der Waals surface area (Å²) in [5.74, 6) is 3.53. The van der Waals surface area contributed by atoms with Crippen molar-refractivity contribution in [3.05, 3.63) is 89.5 Å². The SMILES string of the molecule is COc1ccc(C23CC4CC(c5ccc(OC)cc5)(C2)CC(c2ccc(OC)cc2)(C4)C3)cc1. The van der Waals surface area contributed by atoms with E-state index in [1.54, 1.807) is 21.3 Å². The van der Waals surface area contributed by atoms with E-state index in [1.807, 2.05) is 0 Å². The van der Waals surface area contributed by atoms with Crippen LogP contribution in [0.2, 0.25) is 0 Å². The molecular weight excluding hydrogens is 420 g/mol. The predicted molar refractivity (Wildman–Crippen MR) is 135 cm³/mol. The van der Waals surface area contributed by atoms with Crippen LogP contribution >= 0.6 is 0 Å². The fourth-order valence-corrected chi connectivity index (χ4v) is 8.24. The Bertz CT molecular complexity index is 1000. The number of hydrogen-bond acceptors (Lipinski definition) is 3. The van der Waals surface area contributed by atoms with Crippen molar-refractivity contribution < 1.29 is 14.2 Å². The molecule has 0 amide bonds. The lowest BCUT2D eigenvalue weighted by Crippen LogP contribution is -2.61. The van der Waals surface area contributed by atoms with Crippen molar-refractivity contribution in [3.8, 4) is 17.2 Å². The van der Waals surface area contributed by atoms with E-state index in [0.29, 0.717) is 0 Å². The third-order valence-corrected chi connectivity index (χ3v) is 9.18. The van der Waals surface area contributed by atoms with Crippen molar-refractivity contribution in [3.63, 3.8) is 0 Å². The molecule has 0 spiro atoms. The van der Waals surface area contributed by atoms with Gasteiger partial charge in [0.25, 0.3) is 0 Å². The summed E-state index contributed by atoms with van der Waals surface area (Å²) in [6, 6.07) is 26.9. The summed E-state index contributed by atoms with van der Waals surface area (Å²) < 4.78 is 16.5. The van der Waals surface area contributed by atoms with E-state index in [1.165, 1.54) is 55.2 Å². The van der Waals surface area contributed by atoms with Crippen LogP contribution in [0, 0.1) is 5.92 Å². The van der Waals surface area contributed by atoms with Gasteiger partial charge in [-0.1, -0.05) is 36.4 Å². The van der Waals surface area contributed by atoms with Crippen molar-refractivity contribution in [1.29, 1.82) is 0 Å². The van der Waals surface area contributed by atoms with Gasteiger partial charge in [-0.2, -0.15) is 0 Å². The highest BCUT2D eigenvalue weighted by atomic mass is 16.5. The monoisotopic (exact) mass is 454 g/mol. The Morgan fingerprint density at radius 2 is 0.735 bits per heavy atom. The van der Waals surface area contributed by atoms with Gasteiger partial charge in [-0.3, -0.25) is 0 Å². The van der Waals surface area contributed by atoms with Crippen molar-refractivity contribution in [2.24, 2.45) is 5.92 Å². The molecule has 0 heterocycles. The minimum atomic E-state index is 0.186. The largest absolute Gasteiger partial charge is 0.497 e. The zero-order valence-electron chi connectivity index (χ0n) is 20.5. The first-order chi connectivity index (χ1) is 16.5. The molecule has 176 valence electrons. The molecule has 3 heteroatoms. The van der Waals surface area contributed by atoms with Gasteiger partial charge in [0.15, 0.2) is 0 Å². The summed E-state index contributed by atoms with van der Waals surface area (Å²) in [5.41, 5.74) is 5.00. The van der Waals surface area contributed by atoms with Gasteiger partial charge in [-0.05, 0) is 114 Å². The molecule has 4 aliphatic rings. The van der Waals surface area contributed by atoms with Gasteiger partial charge >= 0.3 is 0 Å². The molecule has 0 unspecified atom stereocenters. The van der Waals surface area contributed by atoms with E-state index in [2.05, 4.69) is 72.8 Å². The molecule has 0 aromatic heterocycles. The molecule has 4 aliphatic carbocycles. The summed E-state index contributed by atoms with van der Waals surface area (Å²) in [7, 11) is 5.24. The molecule has 0 aliphatic heterocycles. The minimum absolute atomic E-state index is 0.186. The third kappa shape index (κ3) is 3.24. The van der Waals surface area contributed by atoms with Crippen molar-refractivity contribution in [2.75, 3.05) is 21.3 Å². The van der Waals surface area contributed by atoms with Gasteiger partial charge in [-0.15, -0.1) is 0 Å². The summed E-state index contributed by atoms with van der Waals surface area (Å²) >= 11 is 0. The van der Waals surface area contributed by atoms with Gasteiger partial charge in [0.05, 0.1) is 21.3 Å². The topological polar surface area (TPSA) is 27.7 Å². The zero-order chi connectivity index (χ0) is 23.4. The average molecular weight is 455 g/mol. The van der Waals surface area contributed by atoms with Crippen LogP contribution in [0.5, 0.6) is 17.2 Å². The smallest absolute Gasteiger partial charge is 0.118 e. The van der Waals surface area contributed by atoms with E-state index in [9.17, 15) is 0 Å². The number of methoxy groups -OCH3 is 3. The molecule has 0 saturated heterocycles. The van der Waals surface area contributed by atoms with E-state index in [0.717, 1.165) is 23.2 Å². The normalized spacial score (nSPS) is 31.3. The third-order valence-electron chi connectivity index (χ3n) is 9.18. The minimum Gasteiger partial charge on any atom is -0.497 e. The lowest BCUT2D eigenvalue weighted by molar-refractivity contribution is -0.0493. The van der Waals surface area contributed by atoms with Crippen molar-refractivity contribution >= 4 is 0 Å². The van der Waals surface area contributed by atoms with Crippen LogP contribution in [0.1, 0.15) is 55.2 Å². The van der Waals surface area contributed by atoms with Crippen LogP contribution in [0.25, 0.3) is 0 Å². The molecule has 0 radical (unpaired) electrons. The molecular formula is C31H34O3. The maximum absolute atomic E-state index is 5.49. The standard InChI is InChI=1S/C31H34O3/c1-32-26-10-4-23(5-11-26)29-16-22-17-30(19-29,24-6-12-27(33-2)13-7-24)21-31(18-22,20-29)25-8-14-28(34-3)15-9-25/h4-15,22H,16-21H2,1-3H3. The Kier molecular flexibility index (Phi) is 4.95. The molecule has 3 aromatic carbocycles. The maximum Gasteiger partial charge on any atom is 0.118 e. The maximum atomic E-state index is 5.49. The molecule has 0 N–H and O–H groups in total. The van der Waals surface area contributed by atoms with Gasteiger partial charge in [0.1, 0.15) is 17.2 Å². The highest BCUT2D eigenvalue weighted by molar-refractivity contribution is 5.46. The predicted octanol–water partition coefficient (Wildman–Crippen LogP) is 6.82. The number of benzene rings is 3. The molecule has 0 atom stereocenters. The molecule has 4 bridgehead atoms. The summed E-state index contributed by atoms with van der Waals surface area (Å²) in [4.78, 5) is 0. The second kappa shape index (κ2) is 7.80. The number of rotatable bonds is 6.